The summed E-state index contributed by atoms with van der Waals surface area (Å²) in [5, 5.41) is 8.50. The smallest absolute Gasteiger partial charge is 0.264 e. The molecular weight excluding hydrogens is 342 g/mol. The molecule has 0 unspecified atom stereocenters. The van der Waals surface area contributed by atoms with Gasteiger partial charge in [-0.2, -0.15) is 0 Å². The fourth-order valence-corrected chi connectivity index (χ4v) is 3.22. The maximum atomic E-state index is 5.93. The van der Waals surface area contributed by atoms with Gasteiger partial charge in [-0.25, -0.2) is 0 Å². The van der Waals surface area contributed by atoms with Crippen molar-refractivity contribution in [2.45, 2.75) is 32.6 Å². The lowest BCUT2D eigenvalue weighted by atomic mass is 10.2. The fraction of sp³-hybridized carbons (Fsp3) is 0.294. The molecule has 0 amide bonds. The third kappa shape index (κ3) is 2.29. The Morgan fingerprint density at radius 1 is 1.18 bits per heavy atom. The van der Waals surface area contributed by atoms with Crippen LogP contribution in [-0.2, 0) is 0 Å². The third-order valence-electron chi connectivity index (χ3n) is 4.01. The van der Waals surface area contributed by atoms with Crippen LogP contribution < -0.4 is 0 Å². The normalized spacial score (nSPS) is 14.5. The second-order valence-electron chi connectivity index (χ2n) is 5.85. The first kappa shape index (κ1) is 13.8. The van der Waals surface area contributed by atoms with Crippen LogP contribution in [0.3, 0.4) is 0 Å². The summed E-state index contributed by atoms with van der Waals surface area (Å²) in [6.45, 7) is 4.17. The Morgan fingerprint density at radius 3 is 2.73 bits per heavy atom. The lowest BCUT2D eigenvalue weighted by Gasteiger charge is -2.10. The highest BCUT2D eigenvalue weighted by molar-refractivity contribution is 9.10. The minimum Gasteiger partial charge on any atom is -0.419 e. The number of rotatable bonds is 3. The van der Waals surface area contributed by atoms with Crippen LogP contribution in [0.1, 0.15) is 35.9 Å². The first-order chi connectivity index (χ1) is 10.6. The molecule has 22 heavy (non-hydrogen) atoms. The zero-order valence-corrected chi connectivity index (χ0v) is 14.1. The number of nitrogens with zero attached hydrogens (tertiary/aromatic N) is 3. The average molecular weight is 358 g/mol. The molecule has 1 aliphatic rings. The molecule has 1 saturated carbocycles. The molecule has 0 bridgehead atoms. The van der Waals surface area contributed by atoms with Gasteiger partial charge in [-0.05, 0) is 56.5 Å². The van der Waals surface area contributed by atoms with E-state index in [4.69, 9.17) is 4.42 Å². The monoisotopic (exact) mass is 357 g/mol. The minimum atomic E-state index is 0.469. The van der Waals surface area contributed by atoms with Crippen LogP contribution in [0, 0.1) is 13.8 Å². The van der Waals surface area contributed by atoms with E-state index in [1.165, 1.54) is 0 Å². The number of hydrogen-bond donors (Lipinski definition) is 0. The Morgan fingerprint density at radius 2 is 2.00 bits per heavy atom. The summed E-state index contributed by atoms with van der Waals surface area (Å²) >= 11 is 3.54. The van der Waals surface area contributed by atoms with Gasteiger partial charge in [-0.3, -0.25) is 0 Å². The molecule has 0 atom stereocenters. The second kappa shape index (κ2) is 5.09. The largest absolute Gasteiger partial charge is 0.419 e. The summed E-state index contributed by atoms with van der Waals surface area (Å²) in [7, 11) is 0. The van der Waals surface area contributed by atoms with E-state index in [1.807, 2.05) is 12.1 Å². The highest BCUT2D eigenvalue weighted by Crippen LogP contribution is 2.40. The Kier molecular flexibility index (Phi) is 3.18. The van der Waals surface area contributed by atoms with Crippen LogP contribution in [0.15, 0.2) is 39.2 Å². The molecule has 3 aromatic rings. The van der Waals surface area contributed by atoms with Gasteiger partial charge in [0, 0.05) is 21.8 Å². The molecule has 5 heteroatoms. The highest BCUT2D eigenvalue weighted by Gasteiger charge is 2.30. The maximum absolute atomic E-state index is 5.93. The summed E-state index contributed by atoms with van der Waals surface area (Å²) < 4.78 is 9.14. The molecule has 0 aliphatic heterocycles. The maximum Gasteiger partial charge on any atom is 0.264 e. The first-order valence-corrected chi connectivity index (χ1v) is 8.21. The zero-order valence-electron chi connectivity index (χ0n) is 12.5. The van der Waals surface area contributed by atoms with Crippen molar-refractivity contribution in [2.24, 2.45) is 0 Å². The molecule has 2 heterocycles. The summed E-state index contributed by atoms with van der Waals surface area (Å²) in [6.07, 6.45) is 2.32. The summed E-state index contributed by atoms with van der Waals surface area (Å²) in [5.41, 5.74) is 4.36. The fourth-order valence-electron chi connectivity index (χ4n) is 2.84. The molecule has 4 rings (SSSR count). The Labute approximate surface area is 137 Å². The van der Waals surface area contributed by atoms with Crippen molar-refractivity contribution in [3.63, 3.8) is 0 Å². The molecule has 1 aliphatic carbocycles. The third-order valence-corrected chi connectivity index (χ3v) is 4.50. The van der Waals surface area contributed by atoms with Gasteiger partial charge < -0.3 is 8.98 Å². The van der Waals surface area contributed by atoms with Crippen molar-refractivity contribution in [3.05, 3.63) is 52.0 Å². The van der Waals surface area contributed by atoms with Crippen molar-refractivity contribution in [1.82, 2.24) is 14.8 Å². The van der Waals surface area contributed by atoms with Crippen molar-refractivity contribution in [3.8, 4) is 17.3 Å². The molecule has 0 saturated heterocycles. The van der Waals surface area contributed by atoms with Gasteiger partial charge in [0.15, 0.2) is 0 Å². The van der Waals surface area contributed by atoms with Gasteiger partial charge in [0.05, 0.1) is 0 Å². The number of benzene rings is 1. The SMILES string of the molecule is Cc1cc(C)n(-c2cccc(Br)c2)c1-c1nnc(C2CC2)o1. The quantitative estimate of drug-likeness (QED) is 0.677. The standard InChI is InChI=1S/C17H16BrN3O/c1-10-8-11(2)21(14-5-3-4-13(18)9-14)15(10)17-20-19-16(22-17)12-6-7-12/h3-5,8-9,12H,6-7H2,1-2H3. The predicted octanol–water partition coefficient (Wildman–Crippen LogP) is 4.78. The van der Waals surface area contributed by atoms with E-state index in [0.717, 1.165) is 45.8 Å². The van der Waals surface area contributed by atoms with E-state index in [9.17, 15) is 0 Å². The second-order valence-corrected chi connectivity index (χ2v) is 6.77. The molecule has 112 valence electrons. The first-order valence-electron chi connectivity index (χ1n) is 7.42. The Hall–Kier alpha value is -1.88. The van der Waals surface area contributed by atoms with Crippen LogP contribution in [0.5, 0.6) is 0 Å². The molecule has 4 nitrogen and oxygen atoms in total. The van der Waals surface area contributed by atoms with E-state index in [-0.39, 0.29) is 0 Å². The van der Waals surface area contributed by atoms with Crippen molar-refractivity contribution < 1.29 is 4.42 Å². The van der Waals surface area contributed by atoms with Crippen LogP contribution >= 0.6 is 15.9 Å². The molecular formula is C17H16BrN3O. The minimum absolute atomic E-state index is 0.469. The van der Waals surface area contributed by atoms with Gasteiger partial charge in [0.1, 0.15) is 5.69 Å². The van der Waals surface area contributed by atoms with Crippen LogP contribution in [0.25, 0.3) is 17.3 Å². The van der Waals surface area contributed by atoms with Crippen LogP contribution in [-0.4, -0.2) is 14.8 Å². The lowest BCUT2D eigenvalue weighted by molar-refractivity contribution is 0.505. The van der Waals surface area contributed by atoms with Crippen LogP contribution in [0.4, 0.5) is 0 Å². The van der Waals surface area contributed by atoms with E-state index in [1.54, 1.807) is 0 Å². The van der Waals surface area contributed by atoms with Gasteiger partial charge in [0.25, 0.3) is 5.89 Å². The average Bonchev–Trinajstić information content (AvgIpc) is 3.14. The summed E-state index contributed by atoms with van der Waals surface area (Å²) in [5.74, 6) is 1.85. The number of aryl methyl sites for hydroxylation is 2. The van der Waals surface area contributed by atoms with Crippen molar-refractivity contribution in [2.75, 3.05) is 0 Å². The Bertz CT molecular complexity index is 845. The van der Waals surface area contributed by atoms with E-state index < -0.39 is 0 Å². The number of hydrogen-bond acceptors (Lipinski definition) is 3. The molecule has 1 aromatic carbocycles. The topological polar surface area (TPSA) is 43.9 Å². The van der Waals surface area contributed by atoms with E-state index in [2.05, 4.69) is 62.7 Å². The van der Waals surface area contributed by atoms with E-state index in [0.29, 0.717) is 11.8 Å². The van der Waals surface area contributed by atoms with Gasteiger partial charge in [-0.15, -0.1) is 10.2 Å². The summed E-state index contributed by atoms with van der Waals surface area (Å²) in [6, 6.07) is 10.4. The summed E-state index contributed by atoms with van der Waals surface area (Å²) in [4.78, 5) is 0. The highest BCUT2D eigenvalue weighted by atomic mass is 79.9. The molecule has 1 fully saturated rings. The molecule has 0 N–H and O–H groups in total. The molecule has 0 spiro atoms. The van der Waals surface area contributed by atoms with Crippen molar-refractivity contribution in [1.29, 1.82) is 0 Å². The van der Waals surface area contributed by atoms with Gasteiger partial charge >= 0.3 is 0 Å². The number of aromatic nitrogens is 3. The van der Waals surface area contributed by atoms with Gasteiger partial charge in [0.2, 0.25) is 5.89 Å². The molecule has 2 aromatic heterocycles. The number of halogens is 1. The van der Waals surface area contributed by atoms with Gasteiger partial charge in [-0.1, -0.05) is 22.0 Å². The van der Waals surface area contributed by atoms with Crippen LogP contribution in [0.2, 0.25) is 0 Å². The molecule has 0 radical (unpaired) electrons. The Balaban J connectivity index is 1.87. The zero-order chi connectivity index (χ0) is 15.3. The van der Waals surface area contributed by atoms with Crippen molar-refractivity contribution >= 4 is 15.9 Å². The lowest BCUT2D eigenvalue weighted by Crippen LogP contribution is -1.99. The predicted molar refractivity (Wildman–Crippen MR) is 88.2 cm³/mol. The van der Waals surface area contributed by atoms with E-state index >= 15 is 0 Å².